The van der Waals surface area contributed by atoms with Crippen molar-refractivity contribution < 1.29 is 25.2 Å². The number of piperidine rings is 1. The highest BCUT2D eigenvalue weighted by Gasteiger charge is 2.43. The molecule has 0 saturated carbocycles. The first-order chi connectivity index (χ1) is 14.5. The summed E-state index contributed by atoms with van der Waals surface area (Å²) in [7, 11) is 0. The summed E-state index contributed by atoms with van der Waals surface area (Å²) < 4.78 is 5.79. The first kappa shape index (κ1) is 23.3. The van der Waals surface area contributed by atoms with Crippen molar-refractivity contribution in [3.05, 3.63) is 46.7 Å². The largest absolute Gasteiger partial charge is 0.392 e. The number of likely N-dealkylation sites (tertiary alicyclic amines) is 1. The first-order valence-corrected chi connectivity index (χ1v) is 11.6. The minimum Gasteiger partial charge on any atom is -0.392 e. The molecule has 2 heterocycles. The number of hydrogen-bond acceptors (Lipinski definition) is 7. The van der Waals surface area contributed by atoms with Gasteiger partial charge in [0.15, 0.2) is 0 Å². The van der Waals surface area contributed by atoms with E-state index in [1.165, 1.54) is 11.1 Å². The Morgan fingerprint density at radius 2 is 1.80 bits per heavy atom. The number of benzene rings is 1. The van der Waals surface area contributed by atoms with E-state index < -0.39 is 30.5 Å². The fourth-order valence-corrected chi connectivity index (χ4v) is 4.72. The highest BCUT2D eigenvalue weighted by Crippen LogP contribution is 2.23. The molecule has 4 N–H and O–H groups in total. The van der Waals surface area contributed by atoms with E-state index in [4.69, 9.17) is 4.74 Å². The van der Waals surface area contributed by atoms with Crippen LogP contribution in [0, 0.1) is 0 Å². The van der Waals surface area contributed by atoms with E-state index in [0.717, 1.165) is 24.8 Å². The summed E-state index contributed by atoms with van der Waals surface area (Å²) in [6, 6.07) is 10.0. The zero-order valence-electron chi connectivity index (χ0n) is 17.4. The normalized spacial score (nSPS) is 26.0. The molecule has 30 heavy (non-hydrogen) atoms. The van der Waals surface area contributed by atoms with E-state index in [9.17, 15) is 20.4 Å². The lowest BCUT2D eigenvalue weighted by Gasteiger charge is -2.45. The number of rotatable bonds is 10. The van der Waals surface area contributed by atoms with Crippen LogP contribution in [-0.4, -0.2) is 75.5 Å². The van der Waals surface area contributed by atoms with Gasteiger partial charge in [0.2, 0.25) is 0 Å². The van der Waals surface area contributed by atoms with Crippen LogP contribution >= 0.6 is 11.3 Å². The maximum atomic E-state index is 10.2. The molecular weight excluding hydrogens is 402 g/mol. The second kappa shape index (κ2) is 11.3. The van der Waals surface area contributed by atoms with E-state index >= 15 is 0 Å². The molecule has 1 aromatic heterocycles. The fraction of sp³-hybridized carbons (Fsp3) is 0.565. The van der Waals surface area contributed by atoms with Gasteiger partial charge in [-0.1, -0.05) is 24.3 Å². The Labute approximate surface area is 182 Å². The molecule has 1 aliphatic rings. The summed E-state index contributed by atoms with van der Waals surface area (Å²) in [6.07, 6.45) is -1.39. The third kappa shape index (κ3) is 6.11. The molecule has 166 valence electrons. The Morgan fingerprint density at radius 1 is 1.03 bits per heavy atom. The second-order valence-electron chi connectivity index (χ2n) is 8.10. The van der Waals surface area contributed by atoms with E-state index in [1.54, 1.807) is 18.3 Å². The van der Waals surface area contributed by atoms with E-state index in [0.29, 0.717) is 19.8 Å². The minimum atomic E-state index is -1.21. The van der Waals surface area contributed by atoms with Crippen molar-refractivity contribution in [3.63, 3.8) is 0 Å². The van der Waals surface area contributed by atoms with Gasteiger partial charge >= 0.3 is 0 Å². The Hall–Kier alpha value is -1.32. The average Bonchev–Trinajstić information content (AvgIpc) is 3.26. The number of nitrogens with zero attached hydrogens (tertiary/aromatic N) is 1. The monoisotopic (exact) mass is 435 g/mol. The number of aliphatic hydroxyl groups excluding tert-OH is 4. The SMILES string of the molecule is C[C@@H](O)[C@H]1[C@@H](O)[C@H](O)[C@@H](O)CN1CCCCCOCc1ccc(-c2ccsc2)cc1. The van der Waals surface area contributed by atoms with Crippen LogP contribution in [0.3, 0.4) is 0 Å². The van der Waals surface area contributed by atoms with Crippen molar-refractivity contribution in [2.45, 2.75) is 63.3 Å². The van der Waals surface area contributed by atoms with Crippen LogP contribution in [0.15, 0.2) is 41.1 Å². The third-order valence-electron chi connectivity index (χ3n) is 5.74. The van der Waals surface area contributed by atoms with Crippen molar-refractivity contribution in [2.75, 3.05) is 19.7 Å². The van der Waals surface area contributed by atoms with Gasteiger partial charge in [-0.25, -0.2) is 0 Å². The number of ether oxygens (including phenoxy) is 1. The van der Waals surface area contributed by atoms with Gasteiger partial charge in [-0.2, -0.15) is 11.3 Å². The molecule has 0 spiro atoms. The molecule has 1 aromatic carbocycles. The van der Waals surface area contributed by atoms with E-state index in [1.807, 2.05) is 4.90 Å². The van der Waals surface area contributed by atoms with Gasteiger partial charge in [-0.05, 0) is 66.2 Å². The molecule has 0 aliphatic carbocycles. The summed E-state index contributed by atoms with van der Waals surface area (Å²) in [6.45, 7) is 3.78. The second-order valence-corrected chi connectivity index (χ2v) is 8.88. The van der Waals surface area contributed by atoms with Crippen molar-refractivity contribution in [1.82, 2.24) is 4.90 Å². The summed E-state index contributed by atoms with van der Waals surface area (Å²) in [5.74, 6) is 0. The fourth-order valence-electron chi connectivity index (χ4n) is 4.05. The van der Waals surface area contributed by atoms with E-state index in [-0.39, 0.29) is 6.54 Å². The molecule has 0 radical (unpaired) electrons. The highest BCUT2D eigenvalue weighted by molar-refractivity contribution is 7.08. The third-order valence-corrected chi connectivity index (χ3v) is 6.43. The lowest BCUT2D eigenvalue weighted by Crippen LogP contribution is -2.64. The highest BCUT2D eigenvalue weighted by atomic mass is 32.1. The molecule has 1 aliphatic heterocycles. The summed E-state index contributed by atoms with van der Waals surface area (Å²) >= 11 is 1.70. The number of β-amino-alcohol motifs (C(OH)–C–C–N with tert-alkyl or cyclic N) is 1. The molecule has 2 aromatic rings. The van der Waals surface area contributed by atoms with Crippen LogP contribution in [0.1, 0.15) is 31.7 Å². The van der Waals surface area contributed by atoms with Gasteiger partial charge in [0, 0.05) is 13.2 Å². The molecule has 3 rings (SSSR count). The van der Waals surface area contributed by atoms with Gasteiger partial charge in [0.25, 0.3) is 0 Å². The van der Waals surface area contributed by atoms with Crippen molar-refractivity contribution in [3.8, 4) is 11.1 Å². The van der Waals surface area contributed by atoms with Gasteiger partial charge in [0.1, 0.15) is 12.2 Å². The number of unbranched alkanes of at least 4 members (excludes halogenated alkanes) is 2. The smallest absolute Gasteiger partial charge is 0.109 e. The lowest BCUT2D eigenvalue weighted by atomic mass is 9.90. The maximum Gasteiger partial charge on any atom is 0.109 e. The van der Waals surface area contributed by atoms with Gasteiger partial charge in [-0.3, -0.25) is 4.90 Å². The van der Waals surface area contributed by atoms with Gasteiger partial charge in [0.05, 0.1) is 24.9 Å². The summed E-state index contributed by atoms with van der Waals surface area (Å²) in [5, 5.41) is 44.1. The number of aliphatic hydroxyl groups is 4. The predicted octanol–water partition coefficient (Wildman–Crippen LogP) is 2.25. The molecule has 1 saturated heterocycles. The number of thiophene rings is 1. The maximum absolute atomic E-state index is 10.2. The summed E-state index contributed by atoms with van der Waals surface area (Å²) in [4.78, 5) is 1.88. The van der Waals surface area contributed by atoms with Crippen LogP contribution in [0.4, 0.5) is 0 Å². The Bertz CT molecular complexity index is 737. The molecule has 7 heteroatoms. The first-order valence-electron chi connectivity index (χ1n) is 10.6. The molecular formula is C23H33NO5S. The Balaban J connectivity index is 1.32. The predicted molar refractivity (Wildman–Crippen MR) is 118 cm³/mol. The lowest BCUT2D eigenvalue weighted by molar-refractivity contribution is -0.157. The van der Waals surface area contributed by atoms with Gasteiger partial charge < -0.3 is 25.2 Å². The van der Waals surface area contributed by atoms with Crippen LogP contribution in [0.25, 0.3) is 11.1 Å². The van der Waals surface area contributed by atoms with Crippen LogP contribution < -0.4 is 0 Å². The van der Waals surface area contributed by atoms with Crippen LogP contribution in [0.2, 0.25) is 0 Å². The van der Waals surface area contributed by atoms with Crippen molar-refractivity contribution in [1.29, 1.82) is 0 Å². The zero-order chi connectivity index (χ0) is 21.5. The number of hydrogen-bond donors (Lipinski definition) is 4. The molecule has 5 atom stereocenters. The Morgan fingerprint density at radius 3 is 2.47 bits per heavy atom. The molecule has 1 fully saturated rings. The molecule has 0 unspecified atom stereocenters. The van der Waals surface area contributed by atoms with Crippen LogP contribution in [0.5, 0.6) is 0 Å². The van der Waals surface area contributed by atoms with Crippen molar-refractivity contribution >= 4 is 11.3 Å². The quantitative estimate of drug-likeness (QED) is 0.428. The Kier molecular flexibility index (Phi) is 8.83. The molecule has 0 bridgehead atoms. The minimum absolute atomic E-state index is 0.256. The molecule has 6 nitrogen and oxygen atoms in total. The average molecular weight is 436 g/mol. The summed E-state index contributed by atoms with van der Waals surface area (Å²) in [5.41, 5.74) is 3.62. The topological polar surface area (TPSA) is 93.4 Å². The van der Waals surface area contributed by atoms with Gasteiger partial charge in [-0.15, -0.1) is 0 Å². The molecule has 0 amide bonds. The standard InChI is InChI=1S/C23H33NO5S/c1-16(25)21-23(28)22(27)20(26)13-24(21)10-3-2-4-11-29-14-17-5-7-18(8-6-17)19-9-12-30-15-19/h5-9,12,15-16,20-23,25-28H,2-4,10-11,13-14H2,1H3/t16-,20+,21+,22-,23-/m1/s1. The van der Waals surface area contributed by atoms with E-state index in [2.05, 4.69) is 41.1 Å². The van der Waals surface area contributed by atoms with Crippen molar-refractivity contribution in [2.24, 2.45) is 0 Å². The zero-order valence-corrected chi connectivity index (χ0v) is 18.2. The van der Waals surface area contributed by atoms with Crippen LogP contribution in [-0.2, 0) is 11.3 Å².